The van der Waals surface area contributed by atoms with Crippen molar-refractivity contribution in [2.45, 2.75) is 120 Å². The number of carbonyl (C=O) groups is 4. The fourth-order valence-electron chi connectivity index (χ4n) is 9.27. The zero-order valence-corrected chi connectivity index (χ0v) is 38.1. The highest BCUT2D eigenvalue weighted by molar-refractivity contribution is 5.91. The Balaban J connectivity index is 1.29. The van der Waals surface area contributed by atoms with Gasteiger partial charge in [0.15, 0.2) is 12.6 Å². The normalized spacial score (nSPS) is 38.5. The maximum Gasteiger partial charge on any atom is 0.337 e. The van der Waals surface area contributed by atoms with E-state index < -0.39 is 179 Å². The van der Waals surface area contributed by atoms with E-state index in [0.717, 1.165) is 26.7 Å². The molecule has 4 heterocycles. The van der Waals surface area contributed by atoms with E-state index in [9.17, 15) is 70.2 Å². The number of carbonyl (C=O) groups excluding carboxylic acids is 4. The van der Waals surface area contributed by atoms with Crippen molar-refractivity contribution in [2.75, 3.05) is 47.3 Å². The molecule has 1 saturated carbocycles. The van der Waals surface area contributed by atoms with Crippen molar-refractivity contribution in [3.63, 3.8) is 0 Å². The summed E-state index contributed by atoms with van der Waals surface area (Å²) in [5, 5.41) is 102. The number of hydrogen-bond donors (Lipinski definition) is 10. The molecule has 384 valence electrons. The van der Waals surface area contributed by atoms with Crippen LogP contribution in [-0.2, 0) is 66.5 Å². The Morgan fingerprint density at radius 1 is 0.676 bits per heavy atom. The number of rotatable bonds is 18. The molecule has 0 amide bonds. The maximum atomic E-state index is 13.9. The highest BCUT2D eigenvalue weighted by atomic mass is 16.8. The number of aliphatic hydroxyl groups is 10. The number of aliphatic hydroxyl groups excluding tert-OH is 10. The lowest BCUT2D eigenvalue weighted by atomic mass is 9.82. The van der Waals surface area contributed by atoms with Crippen LogP contribution in [0.4, 0.5) is 0 Å². The van der Waals surface area contributed by atoms with Gasteiger partial charge in [-0.05, 0) is 32.1 Å². The number of ether oxygens (including phenoxy) is 10. The number of methoxy groups -OCH3 is 2. The third-order valence-electron chi connectivity index (χ3n) is 13.3. The van der Waals surface area contributed by atoms with E-state index in [-0.39, 0.29) is 35.3 Å². The summed E-state index contributed by atoms with van der Waals surface area (Å²) < 4.78 is 55.5. The fraction of sp³-hybridized carbons (Fsp3) is 0.727. The summed E-state index contributed by atoms with van der Waals surface area (Å²) in [6.45, 7) is 2.16. The van der Waals surface area contributed by atoms with Crippen LogP contribution in [0.2, 0.25) is 0 Å². The van der Waals surface area contributed by atoms with Gasteiger partial charge in [-0.1, -0.05) is 19.1 Å². The van der Waals surface area contributed by atoms with E-state index in [1.54, 1.807) is 20.8 Å². The monoisotopic (exact) mass is 976 g/mol. The first-order valence-electron chi connectivity index (χ1n) is 22.1. The molecule has 10 N–H and O–H groups in total. The van der Waals surface area contributed by atoms with E-state index >= 15 is 0 Å². The van der Waals surface area contributed by atoms with Crippen molar-refractivity contribution in [3.05, 3.63) is 47.0 Å². The molecule has 0 aromatic carbocycles. The van der Waals surface area contributed by atoms with Crippen LogP contribution < -0.4 is 0 Å². The molecule has 24 heteroatoms. The van der Waals surface area contributed by atoms with Crippen molar-refractivity contribution >= 4 is 23.9 Å². The minimum absolute atomic E-state index is 0.100. The Morgan fingerprint density at radius 2 is 1.12 bits per heavy atom. The molecule has 18 atom stereocenters. The van der Waals surface area contributed by atoms with Crippen LogP contribution in [0.15, 0.2) is 47.0 Å². The van der Waals surface area contributed by atoms with Crippen LogP contribution in [0, 0.1) is 35.5 Å². The molecule has 0 aromatic rings. The molecular formula is C44H64O24. The Morgan fingerprint density at radius 3 is 1.51 bits per heavy atom. The second-order valence-electron chi connectivity index (χ2n) is 17.1. The molecule has 0 unspecified atom stereocenters. The molecule has 4 aliphatic heterocycles. The Hall–Kier alpha value is -4.12. The largest absolute Gasteiger partial charge is 0.468 e. The zero-order chi connectivity index (χ0) is 50.1. The molecule has 5 aliphatic rings. The van der Waals surface area contributed by atoms with Crippen molar-refractivity contribution in [2.24, 2.45) is 35.5 Å². The highest BCUT2D eigenvalue weighted by Crippen LogP contribution is 2.45. The second kappa shape index (κ2) is 24.6. The lowest BCUT2D eigenvalue weighted by Crippen LogP contribution is -2.60. The van der Waals surface area contributed by atoms with Crippen LogP contribution in [-0.4, -0.2) is 202 Å². The molecule has 0 radical (unpaired) electrons. The summed E-state index contributed by atoms with van der Waals surface area (Å²) in [7, 11) is 2.23. The average molecular weight is 977 g/mol. The average Bonchev–Trinajstić information content (AvgIpc) is 3.63. The Kier molecular flexibility index (Phi) is 19.9. The summed E-state index contributed by atoms with van der Waals surface area (Å²) in [5.41, 5.74) is 0.168. The summed E-state index contributed by atoms with van der Waals surface area (Å²) >= 11 is 0. The molecule has 0 spiro atoms. The molecule has 0 aromatic heterocycles. The van der Waals surface area contributed by atoms with Gasteiger partial charge in [-0.2, -0.15) is 0 Å². The lowest BCUT2D eigenvalue weighted by Gasteiger charge is -2.42. The molecule has 5 rings (SSSR count). The van der Waals surface area contributed by atoms with Gasteiger partial charge >= 0.3 is 23.9 Å². The van der Waals surface area contributed by atoms with E-state index in [1.165, 1.54) is 12.2 Å². The number of allylic oxidation sites excluding steroid dienone is 2. The Labute approximate surface area is 390 Å². The van der Waals surface area contributed by atoms with Crippen molar-refractivity contribution in [1.82, 2.24) is 0 Å². The SMILES string of the molecule is C/C=C1\[C@H](O[C@@H]2O[C@H](CO)[C@@H](O)[C@H](O)[C@H]2O)OC=C(C(=O)OC)[C@H]1CC(=O)O[C@H]1C[C@@H](C(CO)CO)[C@H](COC(=O)C[C@H]2C(C(=O)OC)=CO[C@@H](O[C@@H]3O[C@H](CO)[C@@H](O)[C@H](O)[C@H]3O)/C2=C\C)[C@@H]1C. The van der Waals surface area contributed by atoms with Gasteiger partial charge in [0.05, 0.1) is 70.6 Å². The van der Waals surface area contributed by atoms with Gasteiger partial charge in [-0.15, -0.1) is 0 Å². The summed E-state index contributed by atoms with van der Waals surface area (Å²) in [6, 6.07) is 0. The van der Waals surface area contributed by atoms with Crippen LogP contribution in [0.5, 0.6) is 0 Å². The van der Waals surface area contributed by atoms with Crippen LogP contribution in [0.25, 0.3) is 0 Å². The molecule has 3 fully saturated rings. The number of esters is 4. The van der Waals surface area contributed by atoms with Crippen molar-refractivity contribution in [3.8, 4) is 0 Å². The first kappa shape index (κ1) is 54.8. The van der Waals surface area contributed by atoms with E-state index in [2.05, 4.69) is 0 Å². The maximum absolute atomic E-state index is 13.9. The lowest BCUT2D eigenvalue weighted by molar-refractivity contribution is -0.327. The third-order valence-corrected chi connectivity index (χ3v) is 13.3. The van der Waals surface area contributed by atoms with Crippen molar-refractivity contribution in [1.29, 1.82) is 0 Å². The third kappa shape index (κ3) is 11.9. The van der Waals surface area contributed by atoms with Gasteiger partial charge in [-0.3, -0.25) is 9.59 Å². The van der Waals surface area contributed by atoms with Gasteiger partial charge in [0.2, 0.25) is 12.6 Å². The summed E-state index contributed by atoms with van der Waals surface area (Å²) in [6.07, 6.45) is -15.9. The van der Waals surface area contributed by atoms with E-state index in [0.29, 0.717) is 0 Å². The molecule has 0 bridgehead atoms. The van der Waals surface area contributed by atoms with E-state index in [1.807, 2.05) is 0 Å². The quantitative estimate of drug-likeness (QED) is 0.0365. The van der Waals surface area contributed by atoms with Crippen LogP contribution in [0.3, 0.4) is 0 Å². The van der Waals surface area contributed by atoms with Gasteiger partial charge in [0.1, 0.15) is 54.9 Å². The van der Waals surface area contributed by atoms with Gasteiger partial charge in [-0.25, -0.2) is 9.59 Å². The van der Waals surface area contributed by atoms with Crippen LogP contribution in [0.1, 0.15) is 40.0 Å². The molecule has 1 aliphatic carbocycles. The number of hydrogen-bond acceptors (Lipinski definition) is 24. The Bertz CT molecular complexity index is 1860. The minimum Gasteiger partial charge on any atom is -0.468 e. The standard InChI is InChI=1S/C44H64O24/c1-6-20-23(26(39(57)59-4)16-62-41(20)67-43-37(55)35(53)33(51)29(13-47)65-43)9-31(49)61-15-25-18(3)28(8-22(25)19(11-45)12-46)64-32(50)10-24-21(7-2)42(63-17-27(24)40(58)60-5)68-44-38(56)36(54)34(52)30(14-48)66-44/h6-7,16-19,22-25,28-30,33-38,41-48,51-56H,8-15H2,1-5H3/b20-6-,21-7-/t18-,22-,23+,24-,25+,28-,29+,30+,33+,34+,35-,36-,37+,38+,41-,42-,43-,44-/m0/s1. The first-order chi connectivity index (χ1) is 32.4. The summed E-state index contributed by atoms with van der Waals surface area (Å²) in [5.74, 6) is -7.97. The zero-order valence-electron chi connectivity index (χ0n) is 38.1. The predicted molar refractivity (Wildman–Crippen MR) is 223 cm³/mol. The first-order valence-corrected chi connectivity index (χ1v) is 22.1. The van der Waals surface area contributed by atoms with Crippen molar-refractivity contribution < 1.29 is 118 Å². The van der Waals surface area contributed by atoms with Gasteiger partial charge < -0.3 is 98.4 Å². The molecule has 2 saturated heterocycles. The molecular weight excluding hydrogens is 912 g/mol. The molecule has 24 nitrogen and oxygen atoms in total. The minimum atomic E-state index is -1.80. The van der Waals surface area contributed by atoms with Gasteiger partial charge in [0, 0.05) is 48.0 Å². The van der Waals surface area contributed by atoms with E-state index in [4.69, 9.17) is 47.4 Å². The highest BCUT2D eigenvalue weighted by Gasteiger charge is 2.50. The molecule has 68 heavy (non-hydrogen) atoms. The smallest absolute Gasteiger partial charge is 0.337 e. The topological polar surface area (TPSA) is 363 Å². The predicted octanol–water partition coefficient (Wildman–Crippen LogP) is -3.32. The second-order valence-corrected chi connectivity index (χ2v) is 17.1. The van der Waals surface area contributed by atoms with Gasteiger partial charge in [0.25, 0.3) is 0 Å². The summed E-state index contributed by atoms with van der Waals surface area (Å²) in [4.78, 5) is 53.5. The fourth-order valence-corrected chi connectivity index (χ4v) is 9.27. The van der Waals surface area contributed by atoms with Crippen LogP contribution >= 0.6 is 0 Å².